The molecule has 4 rings (SSSR count). The molecule has 110 valence electrons. The van der Waals surface area contributed by atoms with Gasteiger partial charge in [-0.05, 0) is 51.0 Å². The Morgan fingerprint density at radius 3 is 2.90 bits per heavy atom. The fraction of sp³-hybridized carbons (Fsp3) is 0.867. The molecule has 1 atom stereocenters. The number of likely N-dealkylation sites (tertiary alicyclic amines) is 1. The van der Waals surface area contributed by atoms with Gasteiger partial charge in [-0.1, -0.05) is 5.16 Å². The van der Waals surface area contributed by atoms with Gasteiger partial charge in [0.2, 0.25) is 5.89 Å². The van der Waals surface area contributed by atoms with E-state index in [0.29, 0.717) is 12.0 Å². The molecular formula is C15H23N3O2. The third-order valence-electron chi connectivity index (χ3n) is 4.62. The van der Waals surface area contributed by atoms with Crippen LogP contribution in [-0.2, 0) is 4.74 Å². The van der Waals surface area contributed by atoms with Crippen molar-refractivity contribution in [3.63, 3.8) is 0 Å². The highest BCUT2D eigenvalue weighted by atomic mass is 16.5. The molecule has 1 unspecified atom stereocenters. The third kappa shape index (κ3) is 2.88. The molecule has 2 aliphatic carbocycles. The molecule has 0 N–H and O–H groups in total. The van der Waals surface area contributed by atoms with Gasteiger partial charge in [0, 0.05) is 19.1 Å². The van der Waals surface area contributed by atoms with Crippen LogP contribution in [0.4, 0.5) is 0 Å². The van der Waals surface area contributed by atoms with Crippen LogP contribution in [0.3, 0.4) is 0 Å². The lowest BCUT2D eigenvalue weighted by Gasteiger charge is -2.21. The van der Waals surface area contributed by atoms with Gasteiger partial charge in [0.1, 0.15) is 0 Å². The van der Waals surface area contributed by atoms with Gasteiger partial charge in [0.15, 0.2) is 5.82 Å². The monoisotopic (exact) mass is 277 g/mol. The second-order valence-corrected chi connectivity index (χ2v) is 6.48. The summed E-state index contributed by atoms with van der Waals surface area (Å²) in [4.78, 5) is 7.06. The van der Waals surface area contributed by atoms with Gasteiger partial charge in [-0.2, -0.15) is 4.98 Å². The number of hydrogen-bond acceptors (Lipinski definition) is 5. The van der Waals surface area contributed by atoms with E-state index in [-0.39, 0.29) is 0 Å². The number of rotatable bonds is 7. The second-order valence-electron chi connectivity index (χ2n) is 6.48. The van der Waals surface area contributed by atoms with Crippen LogP contribution >= 0.6 is 0 Å². The van der Waals surface area contributed by atoms with Crippen LogP contribution in [0.15, 0.2) is 4.52 Å². The summed E-state index contributed by atoms with van der Waals surface area (Å²) in [6.07, 6.45) is 7.52. The van der Waals surface area contributed by atoms with E-state index >= 15 is 0 Å². The number of nitrogens with zero attached hydrogens (tertiary/aromatic N) is 3. The van der Waals surface area contributed by atoms with E-state index < -0.39 is 0 Å². The minimum atomic E-state index is 0.343. The summed E-state index contributed by atoms with van der Waals surface area (Å²) in [7, 11) is 0. The molecule has 1 saturated heterocycles. The lowest BCUT2D eigenvalue weighted by Crippen LogP contribution is -2.28. The highest BCUT2D eigenvalue weighted by Gasteiger charge is 2.34. The smallest absolute Gasteiger partial charge is 0.229 e. The summed E-state index contributed by atoms with van der Waals surface area (Å²) in [6.45, 7) is 3.91. The molecule has 3 aliphatic rings. The Hall–Kier alpha value is -0.940. The summed E-state index contributed by atoms with van der Waals surface area (Å²) in [6, 6.07) is 0.343. The predicted molar refractivity (Wildman–Crippen MR) is 73.4 cm³/mol. The lowest BCUT2D eigenvalue weighted by molar-refractivity contribution is 0.0908. The topological polar surface area (TPSA) is 51.4 Å². The largest absolute Gasteiger partial charge is 0.380 e. The van der Waals surface area contributed by atoms with Gasteiger partial charge in [0.05, 0.1) is 12.6 Å². The average Bonchev–Trinajstić information content (AvgIpc) is 3.38. The molecule has 5 heteroatoms. The molecule has 5 nitrogen and oxygen atoms in total. The maximum atomic E-state index is 5.75. The minimum absolute atomic E-state index is 0.343. The van der Waals surface area contributed by atoms with Crippen LogP contribution in [0, 0.1) is 5.92 Å². The van der Waals surface area contributed by atoms with Gasteiger partial charge in [0.25, 0.3) is 0 Å². The summed E-state index contributed by atoms with van der Waals surface area (Å²) >= 11 is 0. The zero-order valence-electron chi connectivity index (χ0n) is 12.0. The van der Waals surface area contributed by atoms with Gasteiger partial charge in [-0.15, -0.1) is 0 Å². The minimum Gasteiger partial charge on any atom is -0.380 e. The molecule has 3 fully saturated rings. The van der Waals surface area contributed by atoms with Crippen molar-refractivity contribution >= 4 is 0 Å². The standard InChI is InChI=1S/C15H23N3O2/c1-2-13(14-16-15(20-17-14)12-5-6-12)18(7-1)8-9-19-10-11-3-4-11/h11-13H,1-10H2. The molecule has 0 bridgehead atoms. The van der Waals surface area contributed by atoms with E-state index in [0.717, 1.165) is 50.4 Å². The van der Waals surface area contributed by atoms with Crippen molar-refractivity contribution in [1.29, 1.82) is 0 Å². The van der Waals surface area contributed by atoms with Crippen LogP contribution in [-0.4, -0.2) is 41.3 Å². The van der Waals surface area contributed by atoms with Crippen molar-refractivity contribution in [3.8, 4) is 0 Å². The van der Waals surface area contributed by atoms with Gasteiger partial charge in [-0.3, -0.25) is 4.90 Å². The highest BCUT2D eigenvalue weighted by Crippen LogP contribution is 2.40. The SMILES string of the molecule is C1CC(c2noc(C3CC3)n2)N(CCOCC2CC2)C1. The van der Waals surface area contributed by atoms with E-state index in [4.69, 9.17) is 9.26 Å². The van der Waals surface area contributed by atoms with Crippen molar-refractivity contribution in [1.82, 2.24) is 15.0 Å². The fourth-order valence-corrected chi connectivity index (χ4v) is 2.98. The first kappa shape index (κ1) is 12.8. The maximum Gasteiger partial charge on any atom is 0.229 e. The van der Waals surface area contributed by atoms with Crippen molar-refractivity contribution in [2.75, 3.05) is 26.3 Å². The summed E-state index contributed by atoms with van der Waals surface area (Å²) in [5, 5.41) is 4.21. The van der Waals surface area contributed by atoms with E-state index in [1.807, 2.05) is 0 Å². The third-order valence-corrected chi connectivity index (χ3v) is 4.62. The molecule has 2 heterocycles. The first-order chi connectivity index (χ1) is 9.90. The summed E-state index contributed by atoms with van der Waals surface area (Å²) in [5.41, 5.74) is 0. The normalized spacial score (nSPS) is 27.3. The molecule has 1 aromatic heterocycles. The van der Waals surface area contributed by atoms with Crippen molar-refractivity contribution in [2.45, 2.75) is 50.5 Å². The fourth-order valence-electron chi connectivity index (χ4n) is 2.98. The van der Waals surface area contributed by atoms with Crippen LogP contribution in [0.2, 0.25) is 0 Å². The summed E-state index contributed by atoms with van der Waals surface area (Å²) < 4.78 is 11.1. The molecule has 0 spiro atoms. The van der Waals surface area contributed by atoms with Gasteiger partial charge >= 0.3 is 0 Å². The van der Waals surface area contributed by atoms with Gasteiger partial charge in [-0.25, -0.2) is 0 Å². The molecule has 2 saturated carbocycles. The second kappa shape index (κ2) is 5.45. The van der Waals surface area contributed by atoms with Crippen LogP contribution in [0.25, 0.3) is 0 Å². The number of hydrogen-bond donors (Lipinski definition) is 0. The Morgan fingerprint density at radius 2 is 2.10 bits per heavy atom. The average molecular weight is 277 g/mol. The van der Waals surface area contributed by atoms with Crippen molar-refractivity contribution in [2.24, 2.45) is 5.92 Å². The number of ether oxygens (including phenoxy) is 1. The Bertz CT molecular complexity index is 454. The van der Waals surface area contributed by atoms with E-state index in [1.54, 1.807) is 0 Å². The zero-order valence-corrected chi connectivity index (χ0v) is 12.0. The predicted octanol–water partition coefficient (Wildman–Crippen LogP) is 2.51. The Morgan fingerprint density at radius 1 is 1.20 bits per heavy atom. The van der Waals surface area contributed by atoms with E-state index in [1.165, 1.54) is 32.1 Å². The molecular weight excluding hydrogens is 254 g/mol. The van der Waals surface area contributed by atoms with Crippen LogP contribution < -0.4 is 0 Å². The van der Waals surface area contributed by atoms with E-state index in [9.17, 15) is 0 Å². The molecule has 20 heavy (non-hydrogen) atoms. The van der Waals surface area contributed by atoms with Crippen LogP contribution in [0.1, 0.15) is 62.2 Å². The van der Waals surface area contributed by atoms with Gasteiger partial charge < -0.3 is 9.26 Å². The maximum absolute atomic E-state index is 5.75. The Balaban J connectivity index is 1.30. The number of aromatic nitrogens is 2. The van der Waals surface area contributed by atoms with Crippen molar-refractivity contribution < 1.29 is 9.26 Å². The molecule has 1 aliphatic heterocycles. The summed E-state index contributed by atoms with van der Waals surface area (Å²) in [5.74, 6) is 3.15. The first-order valence-electron chi connectivity index (χ1n) is 8.05. The molecule has 0 aromatic carbocycles. The first-order valence-corrected chi connectivity index (χ1v) is 8.05. The molecule has 1 aromatic rings. The quantitative estimate of drug-likeness (QED) is 0.717. The highest BCUT2D eigenvalue weighted by molar-refractivity contribution is 5.05. The van der Waals surface area contributed by atoms with Crippen LogP contribution in [0.5, 0.6) is 0 Å². The molecule has 0 radical (unpaired) electrons. The Labute approximate surface area is 119 Å². The zero-order chi connectivity index (χ0) is 13.4. The van der Waals surface area contributed by atoms with E-state index in [2.05, 4.69) is 15.0 Å². The lowest BCUT2D eigenvalue weighted by atomic mass is 10.2. The molecule has 0 amide bonds. The van der Waals surface area contributed by atoms with Crippen molar-refractivity contribution in [3.05, 3.63) is 11.7 Å². The Kier molecular flexibility index (Phi) is 3.48.